The van der Waals surface area contributed by atoms with E-state index in [4.69, 9.17) is 0 Å². The van der Waals surface area contributed by atoms with E-state index in [9.17, 15) is 0 Å². The van der Waals surface area contributed by atoms with Gasteiger partial charge in [0.2, 0.25) is 0 Å². The predicted octanol–water partition coefficient (Wildman–Crippen LogP) is 3.52. The Hall–Kier alpha value is -0.830. The van der Waals surface area contributed by atoms with E-state index in [0.29, 0.717) is 12.1 Å². The van der Waals surface area contributed by atoms with Gasteiger partial charge in [0, 0.05) is 24.8 Å². The fourth-order valence-corrected chi connectivity index (χ4v) is 1.84. The molecule has 0 aliphatic carbocycles. The second-order valence-electron chi connectivity index (χ2n) is 5.16. The molecule has 0 bridgehead atoms. The van der Waals surface area contributed by atoms with E-state index < -0.39 is 0 Å². The van der Waals surface area contributed by atoms with Gasteiger partial charge in [-0.2, -0.15) is 5.10 Å². The molecule has 1 aromatic rings. The predicted molar refractivity (Wildman–Crippen MR) is 73.1 cm³/mol. The number of nitrogens with zero attached hydrogens (tertiary/aromatic N) is 2. The summed E-state index contributed by atoms with van der Waals surface area (Å²) in [6.07, 6.45) is 7.28. The maximum atomic E-state index is 4.53. The van der Waals surface area contributed by atoms with Gasteiger partial charge in [0.05, 0.1) is 5.69 Å². The summed E-state index contributed by atoms with van der Waals surface area (Å²) < 4.78 is 2.01. The number of rotatable bonds is 8. The number of hydrogen-bond donors (Lipinski definition) is 1. The lowest BCUT2D eigenvalue weighted by Gasteiger charge is -2.12. The minimum Gasteiger partial charge on any atom is -0.309 e. The van der Waals surface area contributed by atoms with E-state index in [2.05, 4.69) is 50.4 Å². The largest absolute Gasteiger partial charge is 0.309 e. The molecule has 0 saturated carbocycles. The van der Waals surface area contributed by atoms with Crippen molar-refractivity contribution in [2.24, 2.45) is 0 Å². The molecule has 0 radical (unpaired) electrons. The maximum absolute atomic E-state index is 4.53. The zero-order valence-electron chi connectivity index (χ0n) is 11.7. The molecule has 0 amide bonds. The Morgan fingerprint density at radius 1 is 1.29 bits per heavy atom. The lowest BCUT2D eigenvalue weighted by atomic mass is 10.1. The summed E-state index contributed by atoms with van der Waals surface area (Å²) in [6, 6.07) is 3.14. The van der Waals surface area contributed by atoms with Crippen molar-refractivity contribution in [3.63, 3.8) is 0 Å². The molecule has 0 fully saturated rings. The summed E-state index contributed by atoms with van der Waals surface area (Å²) in [6.45, 7) is 9.69. The first-order valence-electron chi connectivity index (χ1n) is 6.91. The zero-order valence-corrected chi connectivity index (χ0v) is 11.7. The van der Waals surface area contributed by atoms with Crippen molar-refractivity contribution in [3.05, 3.63) is 18.0 Å². The average molecular weight is 237 g/mol. The van der Waals surface area contributed by atoms with Crippen molar-refractivity contribution in [1.29, 1.82) is 0 Å². The molecule has 1 atom stereocenters. The summed E-state index contributed by atoms with van der Waals surface area (Å²) in [5, 5.41) is 8.07. The lowest BCUT2D eigenvalue weighted by molar-refractivity contribution is 0.475. The van der Waals surface area contributed by atoms with E-state index in [1.807, 2.05) is 4.68 Å². The topological polar surface area (TPSA) is 29.9 Å². The van der Waals surface area contributed by atoms with Crippen LogP contribution in [0.5, 0.6) is 0 Å². The monoisotopic (exact) mass is 237 g/mol. The Bertz CT molecular complexity index is 304. The van der Waals surface area contributed by atoms with Gasteiger partial charge in [-0.1, -0.05) is 26.2 Å². The van der Waals surface area contributed by atoms with Crippen molar-refractivity contribution in [2.45, 2.75) is 72.0 Å². The van der Waals surface area contributed by atoms with Crippen LogP contribution >= 0.6 is 0 Å². The zero-order chi connectivity index (χ0) is 12.7. The molecule has 17 heavy (non-hydrogen) atoms. The highest BCUT2D eigenvalue weighted by molar-refractivity contribution is 4.99. The third-order valence-electron chi connectivity index (χ3n) is 3.06. The number of unbranched alkanes of at least 4 members (excludes halogenated alkanes) is 2. The van der Waals surface area contributed by atoms with Gasteiger partial charge in [-0.05, 0) is 33.3 Å². The molecule has 0 aliphatic rings. The normalized spacial score (nSPS) is 13.2. The van der Waals surface area contributed by atoms with Gasteiger partial charge in [-0.15, -0.1) is 0 Å². The van der Waals surface area contributed by atoms with Crippen LogP contribution in [-0.4, -0.2) is 15.8 Å². The van der Waals surface area contributed by atoms with Crippen LogP contribution in [0.1, 0.15) is 65.1 Å². The van der Waals surface area contributed by atoms with Crippen LogP contribution in [0.4, 0.5) is 0 Å². The van der Waals surface area contributed by atoms with Gasteiger partial charge in [0.25, 0.3) is 0 Å². The SMILES string of the molecule is CCCCCC(C)NCc1ccn(C(C)C)n1. The molecule has 98 valence electrons. The van der Waals surface area contributed by atoms with Crippen LogP contribution < -0.4 is 5.32 Å². The molecule has 0 spiro atoms. The van der Waals surface area contributed by atoms with Gasteiger partial charge in [-0.3, -0.25) is 4.68 Å². The third kappa shape index (κ3) is 5.35. The first kappa shape index (κ1) is 14.2. The van der Waals surface area contributed by atoms with Crippen LogP contribution in [0.2, 0.25) is 0 Å². The fourth-order valence-electron chi connectivity index (χ4n) is 1.84. The van der Waals surface area contributed by atoms with Crippen LogP contribution in [0, 0.1) is 0 Å². The summed E-state index contributed by atoms with van der Waals surface area (Å²) >= 11 is 0. The van der Waals surface area contributed by atoms with Crippen molar-refractivity contribution in [1.82, 2.24) is 15.1 Å². The molecular weight excluding hydrogens is 210 g/mol. The Morgan fingerprint density at radius 3 is 2.65 bits per heavy atom. The minimum absolute atomic E-state index is 0.450. The second kappa shape index (κ2) is 7.49. The first-order valence-corrected chi connectivity index (χ1v) is 6.91. The molecule has 0 aromatic carbocycles. The van der Waals surface area contributed by atoms with Gasteiger partial charge in [0.1, 0.15) is 0 Å². The van der Waals surface area contributed by atoms with Gasteiger partial charge in [0.15, 0.2) is 0 Å². The number of aromatic nitrogens is 2. The quantitative estimate of drug-likeness (QED) is 0.701. The molecule has 0 saturated heterocycles. The summed E-state index contributed by atoms with van der Waals surface area (Å²) in [4.78, 5) is 0. The first-order chi connectivity index (χ1) is 8.13. The van der Waals surface area contributed by atoms with Gasteiger partial charge >= 0.3 is 0 Å². The van der Waals surface area contributed by atoms with Crippen molar-refractivity contribution < 1.29 is 0 Å². The van der Waals surface area contributed by atoms with E-state index in [1.165, 1.54) is 25.7 Å². The summed E-state index contributed by atoms with van der Waals surface area (Å²) in [7, 11) is 0. The molecule has 1 unspecified atom stereocenters. The number of nitrogens with one attached hydrogen (secondary N) is 1. The third-order valence-corrected chi connectivity index (χ3v) is 3.06. The molecule has 1 rings (SSSR count). The van der Waals surface area contributed by atoms with Crippen molar-refractivity contribution in [2.75, 3.05) is 0 Å². The average Bonchev–Trinajstić information content (AvgIpc) is 2.75. The highest BCUT2D eigenvalue weighted by atomic mass is 15.3. The molecule has 1 heterocycles. The second-order valence-corrected chi connectivity index (χ2v) is 5.16. The number of hydrogen-bond acceptors (Lipinski definition) is 2. The fraction of sp³-hybridized carbons (Fsp3) is 0.786. The van der Waals surface area contributed by atoms with Crippen LogP contribution in [0.3, 0.4) is 0 Å². The van der Waals surface area contributed by atoms with Gasteiger partial charge < -0.3 is 5.32 Å². The Morgan fingerprint density at radius 2 is 2.06 bits per heavy atom. The molecule has 0 aliphatic heterocycles. The standard InChI is InChI=1S/C14H27N3/c1-5-6-7-8-13(4)15-11-14-9-10-17(16-14)12(2)3/h9-10,12-13,15H,5-8,11H2,1-4H3. The summed E-state index contributed by atoms with van der Waals surface area (Å²) in [5.74, 6) is 0. The smallest absolute Gasteiger partial charge is 0.0762 e. The molecule has 3 nitrogen and oxygen atoms in total. The Kier molecular flexibility index (Phi) is 6.27. The van der Waals surface area contributed by atoms with Gasteiger partial charge in [-0.25, -0.2) is 0 Å². The van der Waals surface area contributed by atoms with E-state index in [0.717, 1.165) is 12.2 Å². The maximum Gasteiger partial charge on any atom is 0.0762 e. The van der Waals surface area contributed by atoms with Crippen LogP contribution in [-0.2, 0) is 6.54 Å². The van der Waals surface area contributed by atoms with E-state index >= 15 is 0 Å². The molecule has 1 aromatic heterocycles. The summed E-state index contributed by atoms with van der Waals surface area (Å²) in [5.41, 5.74) is 1.14. The molecule has 3 heteroatoms. The van der Waals surface area contributed by atoms with Crippen molar-refractivity contribution >= 4 is 0 Å². The van der Waals surface area contributed by atoms with E-state index in [1.54, 1.807) is 0 Å². The lowest BCUT2D eigenvalue weighted by Crippen LogP contribution is -2.25. The molecular formula is C14H27N3. The Labute approximate surface area is 106 Å². The van der Waals surface area contributed by atoms with Crippen LogP contribution in [0.15, 0.2) is 12.3 Å². The Balaban J connectivity index is 2.24. The minimum atomic E-state index is 0.450. The van der Waals surface area contributed by atoms with Crippen LogP contribution in [0.25, 0.3) is 0 Å². The highest BCUT2D eigenvalue weighted by Crippen LogP contribution is 2.06. The van der Waals surface area contributed by atoms with E-state index in [-0.39, 0.29) is 0 Å². The van der Waals surface area contributed by atoms with Crippen molar-refractivity contribution in [3.8, 4) is 0 Å². The molecule has 1 N–H and O–H groups in total. The highest BCUT2D eigenvalue weighted by Gasteiger charge is 2.04.